The van der Waals surface area contributed by atoms with Crippen molar-refractivity contribution in [2.75, 3.05) is 6.26 Å². The van der Waals surface area contributed by atoms with Crippen LogP contribution in [0.25, 0.3) is 0 Å². The lowest BCUT2D eigenvalue weighted by molar-refractivity contribution is 1.62. The quantitative estimate of drug-likeness (QED) is 0.561. The molecule has 0 fully saturated rings. The van der Waals surface area contributed by atoms with Crippen molar-refractivity contribution in [2.24, 2.45) is 4.40 Å². The number of halogens is 1. The Balaban J connectivity index is 2.73. The normalized spacial score (nSPS) is 10.7. The van der Waals surface area contributed by atoms with E-state index in [1.165, 1.54) is 11.9 Å². The minimum atomic E-state index is 1.10. The van der Waals surface area contributed by atoms with Crippen molar-refractivity contribution in [3.05, 3.63) is 34.3 Å². The molecular weight excluding hydrogens is 222 g/mol. The molecule has 0 bridgehead atoms. The molecule has 0 aliphatic heterocycles. The standard InChI is InChI=1S/C8H8BrNS/c1-11-10-6-7-2-4-8(9)5-3-7/h2-6H,1H3. The van der Waals surface area contributed by atoms with Crippen LogP contribution in [0, 0.1) is 0 Å². The summed E-state index contributed by atoms with van der Waals surface area (Å²) in [4.78, 5) is 0. The maximum Gasteiger partial charge on any atom is 0.0423 e. The van der Waals surface area contributed by atoms with Gasteiger partial charge in [0.05, 0.1) is 0 Å². The van der Waals surface area contributed by atoms with Crippen LogP contribution < -0.4 is 0 Å². The van der Waals surface area contributed by atoms with Gasteiger partial charge in [-0.05, 0) is 29.6 Å². The summed E-state index contributed by atoms with van der Waals surface area (Å²) in [6, 6.07) is 8.04. The molecule has 0 aliphatic carbocycles. The summed E-state index contributed by atoms with van der Waals surface area (Å²) < 4.78 is 5.14. The molecule has 1 aromatic rings. The average molecular weight is 230 g/mol. The van der Waals surface area contributed by atoms with Gasteiger partial charge in [-0.2, -0.15) is 0 Å². The molecule has 0 heterocycles. The van der Waals surface area contributed by atoms with Crippen LogP contribution in [0.5, 0.6) is 0 Å². The molecule has 1 aromatic carbocycles. The van der Waals surface area contributed by atoms with E-state index >= 15 is 0 Å². The third-order valence-electron chi connectivity index (χ3n) is 1.18. The van der Waals surface area contributed by atoms with Crippen molar-refractivity contribution in [3.63, 3.8) is 0 Å². The molecule has 0 radical (unpaired) electrons. The number of rotatable bonds is 2. The van der Waals surface area contributed by atoms with Gasteiger partial charge in [0.1, 0.15) is 0 Å². The second-order valence-electron chi connectivity index (χ2n) is 1.97. The van der Waals surface area contributed by atoms with Crippen LogP contribution in [0.3, 0.4) is 0 Å². The van der Waals surface area contributed by atoms with E-state index in [4.69, 9.17) is 0 Å². The van der Waals surface area contributed by atoms with E-state index in [0.717, 1.165) is 10.0 Å². The fraction of sp³-hybridized carbons (Fsp3) is 0.125. The molecule has 0 saturated heterocycles. The topological polar surface area (TPSA) is 12.4 Å². The molecular formula is C8H8BrNS. The van der Waals surface area contributed by atoms with E-state index in [2.05, 4.69) is 20.3 Å². The van der Waals surface area contributed by atoms with Crippen molar-refractivity contribution in [2.45, 2.75) is 0 Å². The van der Waals surface area contributed by atoms with Gasteiger partial charge in [0.2, 0.25) is 0 Å². The van der Waals surface area contributed by atoms with Crippen molar-refractivity contribution in [1.29, 1.82) is 0 Å². The predicted octanol–water partition coefficient (Wildman–Crippen LogP) is 3.15. The Hall–Kier alpha value is -0.280. The Morgan fingerprint density at radius 3 is 2.55 bits per heavy atom. The molecule has 11 heavy (non-hydrogen) atoms. The van der Waals surface area contributed by atoms with E-state index < -0.39 is 0 Å². The third-order valence-corrected chi connectivity index (χ3v) is 2.02. The van der Waals surface area contributed by atoms with Crippen molar-refractivity contribution in [3.8, 4) is 0 Å². The molecule has 0 saturated carbocycles. The number of hydrogen-bond donors (Lipinski definition) is 0. The predicted molar refractivity (Wildman–Crippen MR) is 55.3 cm³/mol. The van der Waals surface area contributed by atoms with E-state index in [0.29, 0.717) is 0 Å². The second-order valence-corrected chi connectivity index (χ2v) is 3.46. The summed E-state index contributed by atoms with van der Waals surface area (Å²) in [5, 5.41) is 0. The van der Waals surface area contributed by atoms with Crippen LogP contribution >= 0.6 is 27.9 Å². The number of benzene rings is 1. The lowest BCUT2D eigenvalue weighted by Crippen LogP contribution is -1.77. The maximum absolute atomic E-state index is 4.05. The van der Waals surface area contributed by atoms with Crippen molar-refractivity contribution in [1.82, 2.24) is 0 Å². The number of nitrogens with zero attached hydrogens (tertiary/aromatic N) is 1. The van der Waals surface area contributed by atoms with Gasteiger partial charge in [-0.1, -0.05) is 28.1 Å². The van der Waals surface area contributed by atoms with E-state index in [1.807, 2.05) is 36.7 Å². The van der Waals surface area contributed by atoms with E-state index in [9.17, 15) is 0 Å². The van der Waals surface area contributed by atoms with Crippen LogP contribution in [0.4, 0.5) is 0 Å². The summed E-state index contributed by atoms with van der Waals surface area (Å²) in [5.74, 6) is 0. The third kappa shape index (κ3) is 3.08. The van der Waals surface area contributed by atoms with Crippen LogP contribution in [0.1, 0.15) is 5.56 Å². The molecule has 0 aromatic heterocycles. The van der Waals surface area contributed by atoms with Gasteiger partial charge in [0, 0.05) is 16.9 Å². The maximum atomic E-state index is 4.05. The van der Waals surface area contributed by atoms with Crippen LogP contribution in [-0.2, 0) is 0 Å². The van der Waals surface area contributed by atoms with Crippen molar-refractivity contribution >= 4 is 34.1 Å². The molecule has 0 atom stereocenters. The summed E-state index contributed by atoms with van der Waals surface area (Å²) in [7, 11) is 0. The molecule has 0 spiro atoms. The van der Waals surface area contributed by atoms with Crippen LogP contribution in [-0.4, -0.2) is 12.5 Å². The van der Waals surface area contributed by atoms with E-state index in [-0.39, 0.29) is 0 Å². The van der Waals surface area contributed by atoms with E-state index in [1.54, 1.807) is 0 Å². The molecule has 0 unspecified atom stereocenters. The van der Waals surface area contributed by atoms with Gasteiger partial charge in [0.15, 0.2) is 0 Å². The van der Waals surface area contributed by atoms with Crippen LogP contribution in [0.15, 0.2) is 33.1 Å². The first-order valence-electron chi connectivity index (χ1n) is 3.15. The Morgan fingerprint density at radius 2 is 2.00 bits per heavy atom. The first kappa shape index (κ1) is 8.81. The Morgan fingerprint density at radius 1 is 1.36 bits per heavy atom. The zero-order valence-electron chi connectivity index (χ0n) is 6.12. The Kier molecular flexibility index (Phi) is 3.66. The molecule has 1 rings (SSSR count). The lowest BCUT2D eigenvalue weighted by Gasteiger charge is -1.91. The highest BCUT2D eigenvalue weighted by Crippen LogP contribution is 2.09. The number of hydrogen-bond acceptors (Lipinski definition) is 2. The zero-order valence-corrected chi connectivity index (χ0v) is 8.52. The first-order chi connectivity index (χ1) is 5.33. The molecule has 0 N–H and O–H groups in total. The molecule has 3 heteroatoms. The minimum Gasteiger partial charge on any atom is -0.224 e. The summed E-state index contributed by atoms with van der Waals surface area (Å²) in [6.07, 6.45) is 3.78. The van der Waals surface area contributed by atoms with Gasteiger partial charge < -0.3 is 0 Å². The van der Waals surface area contributed by atoms with Crippen molar-refractivity contribution < 1.29 is 0 Å². The van der Waals surface area contributed by atoms with Gasteiger partial charge in [-0.15, -0.1) is 0 Å². The fourth-order valence-electron chi connectivity index (χ4n) is 0.662. The first-order valence-corrected chi connectivity index (χ1v) is 5.12. The Labute approximate surface area is 79.2 Å². The monoisotopic (exact) mass is 229 g/mol. The lowest BCUT2D eigenvalue weighted by atomic mass is 10.2. The second kappa shape index (κ2) is 4.57. The minimum absolute atomic E-state index is 1.10. The molecule has 0 aliphatic rings. The van der Waals surface area contributed by atoms with Gasteiger partial charge in [-0.3, -0.25) is 0 Å². The fourth-order valence-corrected chi connectivity index (χ4v) is 1.15. The average Bonchev–Trinajstić information content (AvgIpc) is 2.04. The highest BCUT2D eigenvalue weighted by molar-refractivity contribution is 9.10. The molecule has 1 nitrogen and oxygen atoms in total. The van der Waals surface area contributed by atoms with Gasteiger partial charge >= 0.3 is 0 Å². The largest absolute Gasteiger partial charge is 0.224 e. The van der Waals surface area contributed by atoms with Crippen LogP contribution in [0.2, 0.25) is 0 Å². The summed E-state index contributed by atoms with van der Waals surface area (Å²) in [5.41, 5.74) is 1.13. The SMILES string of the molecule is CSN=Cc1ccc(Br)cc1. The molecule has 0 amide bonds. The summed E-state index contributed by atoms with van der Waals surface area (Å²) in [6.45, 7) is 0. The molecule has 58 valence electrons. The van der Waals surface area contributed by atoms with Gasteiger partial charge in [-0.25, -0.2) is 4.40 Å². The Bertz CT molecular complexity index is 243. The smallest absolute Gasteiger partial charge is 0.0423 e. The zero-order chi connectivity index (χ0) is 8.10. The van der Waals surface area contributed by atoms with Gasteiger partial charge in [0.25, 0.3) is 0 Å². The summed E-state index contributed by atoms with van der Waals surface area (Å²) >= 11 is 4.82. The highest BCUT2D eigenvalue weighted by atomic mass is 79.9. The highest BCUT2D eigenvalue weighted by Gasteiger charge is 1.86.